The Hall–Kier alpha value is -4.56. The largest absolute Gasteiger partial charge is 0.496 e. The predicted octanol–water partition coefficient (Wildman–Crippen LogP) is 6.16. The van der Waals surface area contributed by atoms with Gasteiger partial charge in [0.25, 0.3) is 5.91 Å². The molecule has 54 heavy (non-hydrogen) atoms. The minimum Gasteiger partial charge on any atom is -0.496 e. The maximum atomic E-state index is 14.2. The van der Waals surface area contributed by atoms with Crippen LogP contribution in [0.25, 0.3) is 0 Å². The molecule has 0 radical (unpaired) electrons. The number of nitrogens with one attached hydrogen (secondary N) is 1. The summed E-state index contributed by atoms with van der Waals surface area (Å²) in [5, 5.41) is 25.5. The Bertz CT molecular complexity index is 1930. The first-order valence-electron chi connectivity index (χ1n) is 18.2. The number of hydrogen-bond donors (Lipinski definition) is 2. The van der Waals surface area contributed by atoms with E-state index in [9.17, 15) is 19.5 Å². The summed E-state index contributed by atoms with van der Waals surface area (Å²) in [4.78, 5) is 45.3. The molecule has 3 unspecified atom stereocenters. The molecular formula is C39H43Cl2N7O6. The average molecular weight is 777 g/mol. The van der Waals surface area contributed by atoms with Crippen molar-refractivity contribution < 1.29 is 29.0 Å². The Morgan fingerprint density at radius 1 is 0.944 bits per heavy atom. The fourth-order valence-corrected chi connectivity index (χ4v) is 8.40. The quantitative estimate of drug-likeness (QED) is 0.251. The maximum absolute atomic E-state index is 14.2. The lowest BCUT2D eigenvalue weighted by Crippen LogP contribution is -2.59. The Labute approximate surface area is 323 Å². The molecule has 3 aromatic carbocycles. The molecule has 4 heterocycles. The summed E-state index contributed by atoms with van der Waals surface area (Å²) in [6.07, 6.45) is 3.43. The zero-order valence-corrected chi connectivity index (χ0v) is 31.5. The number of carboxylic acid groups (broad SMARTS) is 1. The molecule has 3 amide bonds. The normalized spacial score (nSPS) is 23.8. The van der Waals surface area contributed by atoms with Gasteiger partial charge in [0.2, 0.25) is 0 Å². The van der Waals surface area contributed by atoms with E-state index >= 15 is 0 Å². The zero-order chi connectivity index (χ0) is 37.9. The molecule has 0 bridgehead atoms. The Kier molecular flexibility index (Phi) is 11.2. The zero-order valence-electron chi connectivity index (χ0n) is 30.0. The number of carbonyl (C=O) groups is 3. The van der Waals surface area contributed by atoms with E-state index in [1.54, 1.807) is 19.4 Å². The number of aliphatic carboxylic acids is 1. The van der Waals surface area contributed by atoms with Crippen LogP contribution in [0.5, 0.6) is 5.75 Å². The Morgan fingerprint density at radius 2 is 1.74 bits per heavy atom. The number of carboxylic acids is 1. The molecule has 3 saturated heterocycles. The van der Waals surface area contributed by atoms with Crippen molar-refractivity contribution in [3.8, 4) is 5.75 Å². The third-order valence-corrected chi connectivity index (χ3v) is 12.1. The summed E-state index contributed by atoms with van der Waals surface area (Å²) < 4.78 is 11.0. The minimum absolute atomic E-state index is 0.00588. The van der Waals surface area contributed by atoms with Gasteiger partial charge in [-0.3, -0.25) is 4.79 Å². The molecule has 13 nitrogen and oxygen atoms in total. The Morgan fingerprint density at radius 3 is 2.44 bits per heavy atom. The first kappa shape index (κ1) is 37.7. The van der Waals surface area contributed by atoms with E-state index < -0.39 is 17.6 Å². The second kappa shape index (κ2) is 16.0. The number of piperidine rings is 1. The number of carbonyl (C=O) groups excluding carboxylic acids is 2. The summed E-state index contributed by atoms with van der Waals surface area (Å²) in [5.74, 6) is -0.720. The number of hydrogen-bond acceptors (Lipinski definition) is 9. The molecule has 2 N–H and O–H groups in total. The highest BCUT2D eigenvalue weighted by Crippen LogP contribution is 2.42. The number of amides is 3. The molecule has 4 aliphatic heterocycles. The van der Waals surface area contributed by atoms with Crippen molar-refractivity contribution in [2.24, 2.45) is 15.4 Å². The number of halogens is 2. The first-order valence-corrected chi connectivity index (χ1v) is 18.9. The van der Waals surface area contributed by atoms with Gasteiger partial charge in [-0.25, -0.2) is 9.59 Å². The van der Waals surface area contributed by atoms with Gasteiger partial charge in [0.15, 0.2) is 6.10 Å². The highest BCUT2D eigenvalue weighted by Gasteiger charge is 2.44. The molecule has 0 aliphatic carbocycles. The smallest absolute Gasteiger partial charge is 0.334 e. The van der Waals surface area contributed by atoms with Gasteiger partial charge in [-0.2, -0.15) is 5.11 Å². The van der Waals surface area contributed by atoms with Crippen molar-refractivity contribution in [2.75, 3.05) is 59.5 Å². The molecule has 3 atom stereocenters. The summed E-state index contributed by atoms with van der Waals surface area (Å²) >= 11 is 13.0. The lowest BCUT2D eigenvalue weighted by molar-refractivity contribution is -0.154. The van der Waals surface area contributed by atoms with Crippen molar-refractivity contribution in [3.05, 3.63) is 99.0 Å². The van der Waals surface area contributed by atoms with Crippen LogP contribution in [0.3, 0.4) is 0 Å². The fraction of sp³-hybridized carbons (Fsp3) is 0.436. The fourth-order valence-electron chi connectivity index (χ4n) is 8.10. The molecular weight excluding hydrogens is 733 g/mol. The molecule has 0 saturated carbocycles. The molecule has 15 heteroatoms. The summed E-state index contributed by atoms with van der Waals surface area (Å²) in [6, 6.07) is 20.6. The van der Waals surface area contributed by atoms with Crippen LogP contribution >= 0.6 is 23.2 Å². The van der Waals surface area contributed by atoms with Gasteiger partial charge in [-0.1, -0.05) is 65.7 Å². The molecule has 284 valence electrons. The third-order valence-electron chi connectivity index (χ3n) is 11.3. The molecule has 0 aromatic heterocycles. The van der Waals surface area contributed by atoms with Crippen molar-refractivity contribution in [2.45, 2.75) is 48.8 Å². The van der Waals surface area contributed by atoms with Crippen LogP contribution in [0.1, 0.15) is 58.8 Å². The van der Waals surface area contributed by atoms with E-state index in [2.05, 4.69) is 25.7 Å². The van der Waals surface area contributed by atoms with Gasteiger partial charge in [0.1, 0.15) is 11.8 Å². The summed E-state index contributed by atoms with van der Waals surface area (Å²) in [5.41, 5.74) is 2.30. The number of ether oxygens (including phenoxy) is 2. The van der Waals surface area contributed by atoms with Crippen molar-refractivity contribution >= 4 is 47.3 Å². The van der Waals surface area contributed by atoms with Crippen LogP contribution in [0.4, 0.5) is 4.79 Å². The monoisotopic (exact) mass is 775 g/mol. The summed E-state index contributed by atoms with van der Waals surface area (Å²) in [7, 11) is 1.56. The number of benzene rings is 3. The number of morpholine rings is 1. The standard InChI is InChI=1S/C39H43Cl2N7O6/c1-53-33-10-7-26(32-23-42-45-44-32)21-29(33)35(49)48-18-12-38(25-48,28-8-9-30(40)31(41)22-28)11-15-46-16-13-39(14-17-46,27-5-3-2-4-6-27)43-37(52)47-19-20-54-34(24-47)36(50)51/h2-10,21-23,32,34H,11-20,24-25H2,1H3,(H,43,52)(H,50,51). The van der Waals surface area contributed by atoms with Crippen molar-refractivity contribution in [1.82, 2.24) is 20.0 Å². The molecule has 3 fully saturated rings. The topological polar surface area (TPSA) is 149 Å². The number of likely N-dealkylation sites (tertiary alicyclic amines) is 2. The van der Waals surface area contributed by atoms with E-state index in [1.165, 1.54) is 4.90 Å². The van der Waals surface area contributed by atoms with E-state index in [-0.39, 0.29) is 36.5 Å². The number of nitrogens with zero attached hydrogens (tertiary/aromatic N) is 6. The average Bonchev–Trinajstić information content (AvgIpc) is 3.91. The molecule has 4 aliphatic rings. The van der Waals surface area contributed by atoms with Crippen LogP contribution in [-0.4, -0.2) is 110 Å². The van der Waals surface area contributed by atoms with E-state index in [0.717, 1.165) is 49.2 Å². The van der Waals surface area contributed by atoms with Crippen LogP contribution in [0.15, 0.2) is 82.2 Å². The number of rotatable bonds is 10. The van der Waals surface area contributed by atoms with Crippen molar-refractivity contribution in [3.63, 3.8) is 0 Å². The maximum Gasteiger partial charge on any atom is 0.334 e. The van der Waals surface area contributed by atoms with Crippen LogP contribution in [0.2, 0.25) is 10.0 Å². The molecule has 3 aromatic rings. The van der Waals surface area contributed by atoms with Crippen LogP contribution in [0, 0.1) is 0 Å². The lowest BCUT2D eigenvalue weighted by Gasteiger charge is -2.45. The highest BCUT2D eigenvalue weighted by molar-refractivity contribution is 6.42. The minimum atomic E-state index is -1.08. The van der Waals surface area contributed by atoms with Gasteiger partial charge >= 0.3 is 12.0 Å². The van der Waals surface area contributed by atoms with Crippen LogP contribution in [-0.2, 0) is 20.5 Å². The predicted molar refractivity (Wildman–Crippen MR) is 204 cm³/mol. The first-order chi connectivity index (χ1) is 26.1. The van der Waals surface area contributed by atoms with Gasteiger partial charge in [-0.15, -0.1) is 5.10 Å². The summed E-state index contributed by atoms with van der Waals surface area (Å²) in [6.45, 7) is 3.72. The number of urea groups is 1. The van der Waals surface area contributed by atoms with E-state index in [4.69, 9.17) is 32.7 Å². The van der Waals surface area contributed by atoms with E-state index in [1.807, 2.05) is 65.6 Å². The van der Waals surface area contributed by atoms with Gasteiger partial charge in [0.05, 0.1) is 47.6 Å². The third kappa shape index (κ3) is 7.81. The number of methoxy groups -OCH3 is 1. The lowest BCUT2D eigenvalue weighted by atomic mass is 9.76. The highest BCUT2D eigenvalue weighted by atomic mass is 35.5. The molecule has 7 rings (SSSR count). The Balaban J connectivity index is 1.08. The second-order valence-corrected chi connectivity index (χ2v) is 15.2. The van der Waals surface area contributed by atoms with E-state index in [0.29, 0.717) is 53.8 Å². The van der Waals surface area contributed by atoms with Gasteiger partial charge < -0.3 is 34.6 Å². The van der Waals surface area contributed by atoms with Crippen molar-refractivity contribution in [1.29, 1.82) is 0 Å². The molecule has 0 spiro atoms. The van der Waals surface area contributed by atoms with Crippen LogP contribution < -0.4 is 10.1 Å². The SMILES string of the molecule is COc1ccc(C2C=NN=N2)cc1C(=O)N1CCC(CCN2CCC(NC(=O)N3CCOC(C(=O)O)C3)(c3ccccc3)CC2)(c2ccc(Cl)c(Cl)c2)C1. The van der Waals surface area contributed by atoms with Gasteiger partial charge in [-0.05, 0) is 78.4 Å². The second-order valence-electron chi connectivity index (χ2n) is 14.4. The van der Waals surface area contributed by atoms with Gasteiger partial charge in [0, 0.05) is 38.1 Å².